The molecule has 250 valence electrons. The minimum Gasteiger partial charge on any atom is -0.458 e. The lowest BCUT2D eigenvalue weighted by atomic mass is 9.95. The number of hydrogen-bond acceptors (Lipinski definition) is 2. The van der Waals surface area contributed by atoms with Crippen molar-refractivity contribution < 1.29 is 23.0 Å². The number of nitrogens with zero attached hydrogens (tertiary/aromatic N) is 4. The third-order valence-electron chi connectivity index (χ3n) is 9.20. The summed E-state index contributed by atoms with van der Waals surface area (Å²) < 4.78 is 98.6. The molecule has 0 saturated carbocycles. The lowest BCUT2D eigenvalue weighted by Crippen LogP contribution is -2.31. The van der Waals surface area contributed by atoms with Gasteiger partial charge in [-0.1, -0.05) is 133 Å². The van der Waals surface area contributed by atoms with Gasteiger partial charge in [-0.25, -0.2) is 4.98 Å². The van der Waals surface area contributed by atoms with E-state index in [1.807, 2.05) is 97.1 Å². The van der Waals surface area contributed by atoms with Gasteiger partial charge < -0.3 is 4.74 Å². The van der Waals surface area contributed by atoms with E-state index in [1.54, 1.807) is 33.5 Å². The molecular weight excluding hydrogens is 649 g/mol. The Morgan fingerprint density at radius 2 is 1.23 bits per heavy atom. The van der Waals surface area contributed by atoms with Crippen molar-refractivity contribution in [3.05, 3.63) is 200 Å². The Bertz CT molecular complexity index is 3370. The van der Waals surface area contributed by atoms with Crippen LogP contribution in [0.25, 0.3) is 72.3 Å². The molecule has 0 saturated heterocycles. The van der Waals surface area contributed by atoms with E-state index in [-0.39, 0.29) is 27.9 Å². The zero-order valence-corrected chi connectivity index (χ0v) is 27.9. The van der Waals surface area contributed by atoms with Crippen molar-refractivity contribution in [2.75, 3.05) is 0 Å². The van der Waals surface area contributed by atoms with E-state index in [0.717, 1.165) is 27.6 Å². The summed E-state index contributed by atoms with van der Waals surface area (Å²) in [4.78, 5) is 4.64. The van der Waals surface area contributed by atoms with Crippen LogP contribution in [0.3, 0.4) is 0 Å². The van der Waals surface area contributed by atoms with Crippen LogP contribution in [0.2, 0.25) is 0 Å². The third-order valence-corrected chi connectivity index (χ3v) is 9.20. The fourth-order valence-corrected chi connectivity index (χ4v) is 6.94. The molecule has 3 aromatic heterocycles. The summed E-state index contributed by atoms with van der Waals surface area (Å²) in [5, 5.41) is 2.13. The van der Waals surface area contributed by atoms with E-state index >= 15 is 0 Å². The predicted octanol–water partition coefficient (Wildman–Crippen LogP) is 11.3. The van der Waals surface area contributed by atoms with Gasteiger partial charge in [0.05, 0.1) is 47.1 Å². The number of benzene rings is 7. The highest BCUT2D eigenvalue weighted by Crippen LogP contribution is 2.37. The van der Waals surface area contributed by atoms with Crippen molar-refractivity contribution >= 4 is 32.8 Å². The summed E-state index contributed by atoms with van der Waals surface area (Å²) >= 11 is 0. The van der Waals surface area contributed by atoms with Crippen molar-refractivity contribution in [1.82, 2.24) is 14.1 Å². The Morgan fingerprint density at radius 1 is 0.566 bits per heavy atom. The lowest BCUT2D eigenvalue weighted by Gasteiger charge is -2.17. The van der Waals surface area contributed by atoms with Gasteiger partial charge in [0.15, 0.2) is 0 Å². The number of rotatable bonds is 7. The molecule has 0 spiro atoms. The first kappa shape index (κ1) is 21.9. The van der Waals surface area contributed by atoms with Crippen LogP contribution in [0.15, 0.2) is 194 Å². The second-order valence-corrected chi connectivity index (χ2v) is 12.3. The van der Waals surface area contributed by atoms with Crippen LogP contribution < -0.4 is 9.30 Å². The highest BCUT2D eigenvalue weighted by Gasteiger charge is 2.20. The largest absolute Gasteiger partial charge is 0.458 e. The Labute approximate surface area is 320 Å². The highest BCUT2D eigenvalue weighted by atomic mass is 16.5. The molecular formula is C48H32N4O. The summed E-state index contributed by atoms with van der Waals surface area (Å²) in [5.41, 5.74) is 4.04. The number of ether oxygens (including phenoxy) is 1. The van der Waals surface area contributed by atoms with Crippen molar-refractivity contribution in [3.63, 3.8) is 0 Å². The topological polar surface area (TPSA) is 35.9 Å². The van der Waals surface area contributed by atoms with Crippen LogP contribution in [-0.2, 0) is 0 Å². The maximum Gasteiger partial charge on any atom is 0.269 e. The second-order valence-electron chi connectivity index (χ2n) is 12.3. The fraction of sp³-hybridized carbons (Fsp3) is 0. The monoisotopic (exact) mass is 690 g/mol. The molecule has 0 N–H and O–H groups in total. The van der Waals surface area contributed by atoms with E-state index < -0.39 is 60.4 Å². The average Bonchev–Trinajstić information content (AvgIpc) is 3.85. The quantitative estimate of drug-likeness (QED) is 0.123. The maximum absolute atomic E-state index is 8.96. The molecule has 10 rings (SSSR count). The average molecular weight is 691 g/mol. The molecule has 0 aliphatic heterocycles. The molecule has 0 radical (unpaired) electrons. The molecule has 0 amide bonds. The first-order valence-electron chi connectivity index (χ1n) is 21.9. The molecule has 53 heavy (non-hydrogen) atoms. The first-order valence-corrected chi connectivity index (χ1v) is 16.9. The Kier molecular flexibility index (Phi) is 5.29. The molecule has 0 unspecified atom stereocenters. The van der Waals surface area contributed by atoms with E-state index in [1.165, 1.54) is 0 Å². The fourth-order valence-electron chi connectivity index (χ4n) is 6.94. The second kappa shape index (κ2) is 12.8. The van der Waals surface area contributed by atoms with Crippen LogP contribution in [0.1, 0.15) is 13.7 Å². The highest BCUT2D eigenvalue weighted by molar-refractivity contribution is 6.09. The zero-order valence-electron chi connectivity index (χ0n) is 37.9. The van der Waals surface area contributed by atoms with Crippen LogP contribution >= 0.6 is 0 Å². The summed E-state index contributed by atoms with van der Waals surface area (Å²) in [6, 6.07) is 34.2. The van der Waals surface area contributed by atoms with Gasteiger partial charge in [-0.05, 0) is 70.8 Å². The normalized spacial score (nSPS) is 14.0. The maximum atomic E-state index is 8.96. The molecule has 5 nitrogen and oxygen atoms in total. The lowest BCUT2D eigenvalue weighted by molar-refractivity contribution is -0.571. The number of para-hydroxylation sites is 4. The molecule has 0 fully saturated rings. The summed E-state index contributed by atoms with van der Waals surface area (Å²) in [6.45, 7) is 0. The zero-order chi connectivity index (χ0) is 43.8. The Balaban J connectivity index is 1.16. The van der Waals surface area contributed by atoms with Gasteiger partial charge in [-0.3, -0.25) is 13.7 Å². The Hall–Kier alpha value is -7.24. The summed E-state index contributed by atoms with van der Waals surface area (Å²) in [7, 11) is 0. The van der Waals surface area contributed by atoms with E-state index in [4.69, 9.17) is 18.4 Å². The van der Waals surface area contributed by atoms with Gasteiger partial charge >= 0.3 is 0 Å². The number of imidazole rings is 1. The molecule has 0 atom stereocenters. The number of pyridine rings is 1. The van der Waals surface area contributed by atoms with Crippen LogP contribution in [-0.4, -0.2) is 14.1 Å². The van der Waals surface area contributed by atoms with Crippen molar-refractivity contribution in [1.29, 1.82) is 0 Å². The van der Waals surface area contributed by atoms with Gasteiger partial charge in [0.2, 0.25) is 0 Å². The van der Waals surface area contributed by atoms with E-state index in [2.05, 4.69) is 28.0 Å². The minimum absolute atomic E-state index is 0.127. The van der Waals surface area contributed by atoms with Gasteiger partial charge in [0, 0.05) is 23.0 Å². The standard InChI is InChI=1S/C48H32N4O/c1-3-15-34(16-4-1)39-22-14-23-40(35-17-5-2-6-18-35)48(39)51-33-50(44-25-9-10-26-45(44)51)36-19-13-20-37(31-36)53-38-28-29-42-41-21-7-8-24-43(41)52(46(42)32-38)47-27-11-12-30-49-47/h1-32H/i1D,2D,3D,4D,5D,6D,15D,16D,17D,18D. The molecule has 10 aromatic rings. The molecule has 0 aliphatic carbocycles. The SMILES string of the molecule is [2H]c1c([2H])c([2H])c(-c2cccc(-c3c([2H])c([2H])c([2H])c([2H])c3[2H])c2-[n+]2[c-]n(-c3cccc(Oc4ccc5c6ccccc6n(-c6ccccn6)c5c4)c3)c3ccccc32)c([2H])c1[2H]. The molecule has 5 heteroatoms. The summed E-state index contributed by atoms with van der Waals surface area (Å²) in [5.74, 6) is 1.88. The van der Waals surface area contributed by atoms with Gasteiger partial charge in [-0.15, -0.1) is 0 Å². The first-order chi connectivity index (χ1) is 30.4. The molecule has 3 heterocycles. The van der Waals surface area contributed by atoms with Crippen molar-refractivity contribution in [2.24, 2.45) is 0 Å². The van der Waals surface area contributed by atoms with Gasteiger partial charge in [0.25, 0.3) is 6.33 Å². The van der Waals surface area contributed by atoms with Gasteiger partial charge in [-0.2, -0.15) is 0 Å². The van der Waals surface area contributed by atoms with Crippen LogP contribution in [0.4, 0.5) is 0 Å². The molecule has 7 aromatic carbocycles. The summed E-state index contributed by atoms with van der Waals surface area (Å²) in [6.07, 6.45) is 5.18. The Morgan fingerprint density at radius 3 is 1.98 bits per heavy atom. The number of hydrogen-bond donors (Lipinski definition) is 0. The smallest absolute Gasteiger partial charge is 0.269 e. The van der Waals surface area contributed by atoms with Crippen LogP contribution in [0, 0.1) is 6.33 Å². The number of aromatic nitrogens is 4. The van der Waals surface area contributed by atoms with Crippen molar-refractivity contribution in [2.45, 2.75) is 0 Å². The predicted molar refractivity (Wildman–Crippen MR) is 213 cm³/mol. The van der Waals surface area contributed by atoms with E-state index in [9.17, 15) is 0 Å². The number of fused-ring (bicyclic) bond motifs is 4. The van der Waals surface area contributed by atoms with Crippen LogP contribution in [0.5, 0.6) is 11.5 Å². The van der Waals surface area contributed by atoms with Crippen molar-refractivity contribution in [3.8, 4) is 50.9 Å². The molecule has 0 aliphatic rings. The molecule has 0 bridgehead atoms. The van der Waals surface area contributed by atoms with E-state index in [0.29, 0.717) is 28.2 Å². The minimum atomic E-state index is -0.564. The third kappa shape index (κ3) is 5.34. The van der Waals surface area contributed by atoms with Gasteiger partial charge in [0.1, 0.15) is 17.3 Å².